The van der Waals surface area contributed by atoms with Crippen LogP contribution in [0.15, 0.2) is 78.9 Å². The van der Waals surface area contributed by atoms with Crippen molar-refractivity contribution < 1.29 is 4.74 Å². The summed E-state index contributed by atoms with van der Waals surface area (Å²) in [5.74, 6) is 0.821. The van der Waals surface area contributed by atoms with Gasteiger partial charge in [-0.3, -0.25) is 0 Å². The van der Waals surface area contributed by atoms with Crippen molar-refractivity contribution in [1.82, 2.24) is 0 Å². The molecule has 0 bridgehead atoms. The van der Waals surface area contributed by atoms with Crippen molar-refractivity contribution in [1.29, 1.82) is 5.26 Å². The van der Waals surface area contributed by atoms with Crippen LogP contribution in [0, 0.1) is 11.3 Å². The zero-order valence-electron chi connectivity index (χ0n) is 12.1. The quantitative estimate of drug-likeness (QED) is 0.689. The van der Waals surface area contributed by atoms with Crippen molar-refractivity contribution in [2.75, 3.05) is 0 Å². The lowest BCUT2D eigenvalue weighted by Crippen LogP contribution is -1.94. The number of nitriles is 1. The van der Waals surface area contributed by atoms with E-state index in [2.05, 4.69) is 6.07 Å². The second-order valence-corrected chi connectivity index (χ2v) is 4.96. The van der Waals surface area contributed by atoms with E-state index in [1.807, 2.05) is 78.9 Å². The zero-order chi connectivity index (χ0) is 15.2. The van der Waals surface area contributed by atoms with E-state index in [1.165, 1.54) is 0 Å². The van der Waals surface area contributed by atoms with Gasteiger partial charge in [-0.25, -0.2) is 0 Å². The molecule has 0 aliphatic rings. The first kappa shape index (κ1) is 13.9. The Bertz CT molecular complexity index is 786. The van der Waals surface area contributed by atoms with Crippen molar-refractivity contribution in [3.8, 4) is 22.9 Å². The molecule has 0 radical (unpaired) electrons. The fourth-order valence-corrected chi connectivity index (χ4v) is 2.30. The minimum atomic E-state index is 0.551. The average molecular weight is 285 g/mol. The molecule has 3 aromatic carbocycles. The lowest BCUT2D eigenvalue weighted by molar-refractivity contribution is 0.306. The number of hydrogen-bond donors (Lipinski definition) is 0. The molecule has 0 saturated carbocycles. The molecule has 3 aromatic rings. The first-order chi connectivity index (χ1) is 10.9. The van der Waals surface area contributed by atoms with Gasteiger partial charge in [-0.2, -0.15) is 5.26 Å². The lowest BCUT2D eigenvalue weighted by Gasteiger charge is -2.08. The van der Waals surface area contributed by atoms with E-state index in [9.17, 15) is 0 Å². The Balaban J connectivity index is 1.74. The fourth-order valence-electron chi connectivity index (χ4n) is 2.30. The summed E-state index contributed by atoms with van der Waals surface area (Å²) >= 11 is 0. The van der Waals surface area contributed by atoms with Gasteiger partial charge in [0, 0.05) is 0 Å². The SMILES string of the molecule is N#Cc1ccccc1-c1ccc(OCc2ccccc2)cc1. The number of nitrogens with zero attached hydrogens (tertiary/aromatic N) is 1. The van der Waals surface area contributed by atoms with Gasteiger partial charge in [-0.1, -0.05) is 60.7 Å². The van der Waals surface area contributed by atoms with Crippen LogP contribution >= 0.6 is 0 Å². The van der Waals surface area contributed by atoms with Crippen LogP contribution < -0.4 is 4.74 Å². The predicted octanol–water partition coefficient (Wildman–Crippen LogP) is 4.80. The third-order valence-corrected chi connectivity index (χ3v) is 3.46. The smallest absolute Gasteiger partial charge is 0.119 e. The maximum absolute atomic E-state index is 9.17. The van der Waals surface area contributed by atoms with Crippen molar-refractivity contribution in [2.45, 2.75) is 6.61 Å². The second kappa shape index (κ2) is 6.60. The van der Waals surface area contributed by atoms with Gasteiger partial charge in [0.05, 0.1) is 11.6 Å². The average Bonchev–Trinajstić information content (AvgIpc) is 2.61. The van der Waals surface area contributed by atoms with Gasteiger partial charge in [0.1, 0.15) is 12.4 Å². The number of benzene rings is 3. The second-order valence-electron chi connectivity index (χ2n) is 4.96. The van der Waals surface area contributed by atoms with Crippen molar-refractivity contribution in [2.24, 2.45) is 0 Å². The Hall–Kier alpha value is -3.05. The summed E-state index contributed by atoms with van der Waals surface area (Å²) in [6.45, 7) is 0.551. The first-order valence-corrected chi connectivity index (χ1v) is 7.13. The monoisotopic (exact) mass is 285 g/mol. The summed E-state index contributed by atoms with van der Waals surface area (Å²) in [5, 5.41) is 9.17. The molecule has 0 saturated heterocycles. The van der Waals surface area contributed by atoms with Gasteiger partial charge in [0.2, 0.25) is 0 Å². The van der Waals surface area contributed by atoms with Crippen molar-refractivity contribution >= 4 is 0 Å². The Morgan fingerprint density at radius 1 is 0.773 bits per heavy atom. The predicted molar refractivity (Wildman–Crippen MR) is 87.4 cm³/mol. The van der Waals surface area contributed by atoms with Gasteiger partial charge in [0.15, 0.2) is 0 Å². The minimum absolute atomic E-state index is 0.551. The van der Waals surface area contributed by atoms with E-state index in [4.69, 9.17) is 10.00 Å². The molecule has 0 unspecified atom stereocenters. The van der Waals surface area contributed by atoms with E-state index in [0.717, 1.165) is 22.4 Å². The molecule has 0 aromatic heterocycles. The Labute approximate surface area is 130 Å². The fraction of sp³-hybridized carbons (Fsp3) is 0.0500. The molecule has 22 heavy (non-hydrogen) atoms. The van der Waals surface area contributed by atoms with E-state index in [0.29, 0.717) is 12.2 Å². The molecular formula is C20H15NO. The molecule has 0 aliphatic heterocycles. The third kappa shape index (κ3) is 3.16. The van der Waals surface area contributed by atoms with Crippen molar-refractivity contribution in [3.05, 3.63) is 90.0 Å². The highest BCUT2D eigenvalue weighted by Gasteiger charge is 2.04. The van der Waals surface area contributed by atoms with Crippen LogP contribution in [0.1, 0.15) is 11.1 Å². The molecule has 0 N–H and O–H groups in total. The van der Waals surface area contributed by atoms with E-state index < -0.39 is 0 Å². The van der Waals surface area contributed by atoms with E-state index >= 15 is 0 Å². The van der Waals surface area contributed by atoms with Crippen LogP contribution in [0.25, 0.3) is 11.1 Å². The molecule has 2 heteroatoms. The van der Waals surface area contributed by atoms with Gasteiger partial charge < -0.3 is 4.74 Å². The molecule has 0 amide bonds. The van der Waals surface area contributed by atoms with E-state index in [1.54, 1.807) is 0 Å². The molecule has 106 valence electrons. The summed E-state index contributed by atoms with van der Waals surface area (Å²) < 4.78 is 5.77. The molecule has 0 atom stereocenters. The molecular weight excluding hydrogens is 270 g/mol. The largest absolute Gasteiger partial charge is 0.489 e. The Morgan fingerprint density at radius 2 is 1.45 bits per heavy atom. The maximum Gasteiger partial charge on any atom is 0.119 e. The van der Waals surface area contributed by atoms with Gasteiger partial charge in [-0.05, 0) is 34.9 Å². The van der Waals surface area contributed by atoms with Crippen LogP contribution in [0.5, 0.6) is 5.75 Å². The van der Waals surface area contributed by atoms with Crippen LogP contribution in [-0.2, 0) is 6.61 Å². The highest BCUT2D eigenvalue weighted by Crippen LogP contribution is 2.25. The summed E-state index contributed by atoms with van der Waals surface area (Å²) in [6, 6.07) is 27.7. The molecule has 0 spiro atoms. The molecule has 2 nitrogen and oxygen atoms in total. The van der Waals surface area contributed by atoms with Gasteiger partial charge >= 0.3 is 0 Å². The lowest BCUT2D eigenvalue weighted by atomic mass is 10.0. The number of ether oxygens (including phenoxy) is 1. The maximum atomic E-state index is 9.17. The summed E-state index contributed by atoms with van der Waals surface area (Å²) in [5.41, 5.74) is 3.78. The third-order valence-electron chi connectivity index (χ3n) is 3.46. The standard InChI is InChI=1S/C20H15NO/c21-14-18-8-4-5-9-20(18)17-10-12-19(13-11-17)22-15-16-6-2-1-3-7-16/h1-13H,15H2. The molecule has 0 fully saturated rings. The van der Waals surface area contributed by atoms with Crippen LogP contribution in [0.3, 0.4) is 0 Å². The van der Waals surface area contributed by atoms with Gasteiger partial charge in [0.25, 0.3) is 0 Å². The van der Waals surface area contributed by atoms with E-state index in [-0.39, 0.29) is 0 Å². The number of rotatable bonds is 4. The topological polar surface area (TPSA) is 33.0 Å². The zero-order valence-corrected chi connectivity index (χ0v) is 12.1. The summed E-state index contributed by atoms with van der Waals surface area (Å²) in [4.78, 5) is 0. The summed E-state index contributed by atoms with van der Waals surface area (Å²) in [7, 11) is 0. The highest BCUT2D eigenvalue weighted by molar-refractivity contribution is 5.70. The highest BCUT2D eigenvalue weighted by atomic mass is 16.5. The van der Waals surface area contributed by atoms with Crippen LogP contribution in [0.2, 0.25) is 0 Å². The number of hydrogen-bond acceptors (Lipinski definition) is 2. The Morgan fingerprint density at radius 3 is 2.18 bits per heavy atom. The first-order valence-electron chi connectivity index (χ1n) is 7.13. The Kier molecular flexibility index (Phi) is 4.17. The van der Waals surface area contributed by atoms with Crippen LogP contribution in [0.4, 0.5) is 0 Å². The normalized spacial score (nSPS) is 9.95. The van der Waals surface area contributed by atoms with Gasteiger partial charge in [-0.15, -0.1) is 0 Å². The molecule has 0 heterocycles. The molecule has 3 rings (SSSR count). The summed E-state index contributed by atoms with van der Waals surface area (Å²) in [6.07, 6.45) is 0. The van der Waals surface area contributed by atoms with Crippen LogP contribution in [-0.4, -0.2) is 0 Å². The molecule has 0 aliphatic carbocycles. The minimum Gasteiger partial charge on any atom is -0.489 e. The van der Waals surface area contributed by atoms with Crippen molar-refractivity contribution in [3.63, 3.8) is 0 Å².